The minimum atomic E-state index is -0.0753. The lowest BCUT2D eigenvalue weighted by Gasteiger charge is -2.26. The van der Waals surface area contributed by atoms with E-state index in [2.05, 4.69) is 38.1 Å². The van der Waals surface area contributed by atoms with Crippen molar-refractivity contribution in [2.45, 2.75) is 70.5 Å². The van der Waals surface area contributed by atoms with Crippen molar-refractivity contribution >= 4 is 0 Å². The second kappa shape index (κ2) is 6.95. The van der Waals surface area contributed by atoms with Crippen LogP contribution in [0.2, 0.25) is 0 Å². The molecule has 106 valence electrons. The molecule has 19 heavy (non-hydrogen) atoms. The number of hydrogen-bond acceptors (Lipinski definition) is 2. The van der Waals surface area contributed by atoms with Crippen molar-refractivity contribution in [1.82, 2.24) is 0 Å². The highest BCUT2D eigenvalue weighted by Crippen LogP contribution is 2.33. The van der Waals surface area contributed by atoms with Gasteiger partial charge in [-0.2, -0.15) is 0 Å². The Labute approximate surface area is 116 Å². The van der Waals surface area contributed by atoms with Crippen LogP contribution in [-0.2, 0) is 0 Å². The summed E-state index contributed by atoms with van der Waals surface area (Å²) in [5.74, 6) is 1.60. The lowest BCUT2D eigenvalue weighted by atomic mass is 9.83. The molecule has 1 aliphatic carbocycles. The van der Waals surface area contributed by atoms with Gasteiger partial charge in [-0.05, 0) is 62.1 Å². The number of benzene rings is 1. The summed E-state index contributed by atoms with van der Waals surface area (Å²) in [6, 6.07) is 8.58. The summed E-state index contributed by atoms with van der Waals surface area (Å²) in [4.78, 5) is 0. The Hall–Kier alpha value is -1.02. The largest absolute Gasteiger partial charge is 0.490 e. The molecule has 1 saturated carbocycles. The van der Waals surface area contributed by atoms with Crippen LogP contribution >= 0.6 is 0 Å². The van der Waals surface area contributed by atoms with Gasteiger partial charge in [-0.25, -0.2) is 0 Å². The normalized spacial score (nSPS) is 23.6. The van der Waals surface area contributed by atoms with Gasteiger partial charge in [-0.1, -0.05) is 26.0 Å². The summed E-state index contributed by atoms with van der Waals surface area (Å²) in [7, 11) is 0. The third kappa shape index (κ3) is 3.97. The fourth-order valence-electron chi connectivity index (χ4n) is 2.88. The van der Waals surface area contributed by atoms with Crippen molar-refractivity contribution in [1.29, 1.82) is 0 Å². The molecule has 0 aromatic heterocycles. The van der Waals surface area contributed by atoms with E-state index in [1.54, 1.807) is 0 Å². The molecule has 1 aliphatic rings. The summed E-state index contributed by atoms with van der Waals surface area (Å²) in [5, 5.41) is 9.55. The third-order valence-electron chi connectivity index (χ3n) is 4.26. The first-order valence-corrected chi connectivity index (χ1v) is 7.67. The van der Waals surface area contributed by atoms with E-state index in [4.69, 9.17) is 4.74 Å². The fourth-order valence-corrected chi connectivity index (χ4v) is 2.88. The van der Waals surface area contributed by atoms with Crippen molar-refractivity contribution in [3.05, 3.63) is 29.8 Å². The van der Waals surface area contributed by atoms with Crippen molar-refractivity contribution in [2.24, 2.45) is 0 Å². The van der Waals surface area contributed by atoms with Gasteiger partial charge in [0, 0.05) is 0 Å². The Bertz CT molecular complexity index is 359. The third-order valence-corrected chi connectivity index (χ3v) is 4.26. The monoisotopic (exact) mass is 262 g/mol. The molecule has 2 heteroatoms. The van der Waals surface area contributed by atoms with Gasteiger partial charge in [0.15, 0.2) is 0 Å². The second-order valence-corrected chi connectivity index (χ2v) is 5.63. The molecule has 0 atom stereocenters. The Morgan fingerprint density at radius 3 is 2.16 bits per heavy atom. The van der Waals surface area contributed by atoms with E-state index in [9.17, 15) is 5.11 Å². The zero-order chi connectivity index (χ0) is 13.7. The van der Waals surface area contributed by atoms with Gasteiger partial charge >= 0.3 is 0 Å². The fraction of sp³-hybridized carbons (Fsp3) is 0.647. The molecule has 0 amide bonds. The van der Waals surface area contributed by atoms with Crippen molar-refractivity contribution in [3.63, 3.8) is 0 Å². The first-order valence-electron chi connectivity index (χ1n) is 7.67. The Kier molecular flexibility index (Phi) is 5.26. The number of aliphatic hydroxyl groups is 1. The van der Waals surface area contributed by atoms with Crippen LogP contribution in [0.25, 0.3) is 0 Å². The Morgan fingerprint density at radius 1 is 1.05 bits per heavy atom. The number of rotatable bonds is 5. The highest BCUT2D eigenvalue weighted by molar-refractivity contribution is 5.30. The lowest BCUT2D eigenvalue weighted by molar-refractivity contribution is 0.122. The molecule has 1 N–H and O–H groups in total. The molecule has 2 rings (SSSR count). The smallest absolute Gasteiger partial charge is 0.119 e. The first kappa shape index (κ1) is 14.4. The maximum absolute atomic E-state index is 9.55. The van der Waals surface area contributed by atoms with Gasteiger partial charge in [0.05, 0.1) is 12.2 Å². The molecule has 0 saturated heterocycles. The molecule has 1 aromatic carbocycles. The SMILES string of the molecule is CCC(CC)Oc1ccc(C2CCC(O)CC2)cc1. The van der Waals surface area contributed by atoms with Crippen LogP contribution in [0, 0.1) is 0 Å². The van der Waals surface area contributed by atoms with Gasteiger partial charge < -0.3 is 9.84 Å². The van der Waals surface area contributed by atoms with Crippen LogP contribution < -0.4 is 4.74 Å². The predicted molar refractivity (Wildman–Crippen MR) is 78.7 cm³/mol. The highest BCUT2D eigenvalue weighted by atomic mass is 16.5. The molecule has 0 bridgehead atoms. The molecule has 1 fully saturated rings. The van der Waals surface area contributed by atoms with E-state index in [1.807, 2.05) is 0 Å². The molecular formula is C17H26O2. The summed E-state index contributed by atoms with van der Waals surface area (Å²) in [5.41, 5.74) is 1.39. The second-order valence-electron chi connectivity index (χ2n) is 5.63. The topological polar surface area (TPSA) is 29.5 Å². The molecule has 0 aliphatic heterocycles. The minimum Gasteiger partial charge on any atom is -0.490 e. The van der Waals surface area contributed by atoms with Gasteiger partial charge in [-0.3, -0.25) is 0 Å². The van der Waals surface area contributed by atoms with Crippen LogP contribution in [0.3, 0.4) is 0 Å². The molecule has 0 heterocycles. The van der Waals surface area contributed by atoms with Gasteiger partial charge in [0.1, 0.15) is 5.75 Å². The standard InChI is InChI=1S/C17H26O2/c1-3-16(4-2)19-17-11-7-14(8-12-17)13-5-9-15(18)10-6-13/h7-8,11-13,15-16,18H,3-6,9-10H2,1-2H3. The zero-order valence-electron chi connectivity index (χ0n) is 12.1. The Balaban J connectivity index is 1.94. The van der Waals surface area contributed by atoms with Crippen LogP contribution in [0.1, 0.15) is 63.9 Å². The van der Waals surface area contributed by atoms with E-state index in [0.29, 0.717) is 12.0 Å². The molecule has 0 radical (unpaired) electrons. The van der Waals surface area contributed by atoms with Crippen LogP contribution in [0.4, 0.5) is 0 Å². The van der Waals surface area contributed by atoms with Crippen molar-refractivity contribution < 1.29 is 9.84 Å². The molecule has 0 spiro atoms. The van der Waals surface area contributed by atoms with Gasteiger partial charge in [0.2, 0.25) is 0 Å². The van der Waals surface area contributed by atoms with E-state index < -0.39 is 0 Å². The number of hydrogen-bond donors (Lipinski definition) is 1. The first-order chi connectivity index (χ1) is 9.22. The van der Waals surface area contributed by atoms with E-state index in [1.165, 1.54) is 5.56 Å². The molecule has 1 aromatic rings. The average molecular weight is 262 g/mol. The number of ether oxygens (including phenoxy) is 1. The highest BCUT2D eigenvalue weighted by Gasteiger charge is 2.20. The van der Waals surface area contributed by atoms with E-state index in [-0.39, 0.29) is 6.10 Å². The van der Waals surface area contributed by atoms with Crippen molar-refractivity contribution in [2.75, 3.05) is 0 Å². The maximum atomic E-state index is 9.55. The summed E-state index contributed by atoms with van der Waals surface area (Å²) in [6.45, 7) is 4.33. The molecular weight excluding hydrogens is 236 g/mol. The number of aliphatic hydroxyl groups excluding tert-OH is 1. The summed E-state index contributed by atoms with van der Waals surface area (Å²) < 4.78 is 5.93. The maximum Gasteiger partial charge on any atom is 0.119 e. The molecule has 2 nitrogen and oxygen atoms in total. The van der Waals surface area contributed by atoms with Crippen LogP contribution in [-0.4, -0.2) is 17.3 Å². The van der Waals surface area contributed by atoms with Crippen molar-refractivity contribution in [3.8, 4) is 5.75 Å². The van der Waals surface area contributed by atoms with E-state index in [0.717, 1.165) is 44.3 Å². The minimum absolute atomic E-state index is 0.0753. The lowest BCUT2D eigenvalue weighted by Crippen LogP contribution is -2.17. The zero-order valence-corrected chi connectivity index (χ0v) is 12.1. The quantitative estimate of drug-likeness (QED) is 0.858. The Morgan fingerprint density at radius 2 is 1.63 bits per heavy atom. The summed E-state index contributed by atoms with van der Waals surface area (Å²) >= 11 is 0. The van der Waals surface area contributed by atoms with Crippen LogP contribution in [0.5, 0.6) is 5.75 Å². The molecule has 0 unspecified atom stereocenters. The average Bonchev–Trinajstić information content (AvgIpc) is 2.46. The summed E-state index contributed by atoms with van der Waals surface area (Å²) in [6.07, 6.45) is 6.46. The van der Waals surface area contributed by atoms with Gasteiger partial charge in [0.25, 0.3) is 0 Å². The van der Waals surface area contributed by atoms with E-state index >= 15 is 0 Å². The van der Waals surface area contributed by atoms with Crippen LogP contribution in [0.15, 0.2) is 24.3 Å². The predicted octanol–water partition coefficient (Wildman–Crippen LogP) is 4.27. The van der Waals surface area contributed by atoms with Gasteiger partial charge in [-0.15, -0.1) is 0 Å².